The Hall–Kier alpha value is -0.875. The number of carbonyl (C=O) groups is 2. The van der Waals surface area contributed by atoms with Gasteiger partial charge in [0.2, 0.25) is 12.8 Å². The quantitative estimate of drug-likeness (QED) is 0.263. The normalized spacial score (nSPS) is 7.62. The van der Waals surface area contributed by atoms with E-state index in [0.717, 1.165) is 0 Å². The minimum absolute atomic E-state index is 0.111. The molecule has 0 aromatic carbocycles. The molecular formula is C2H3BNO4. The Bertz CT molecular complexity index is 78.1. The molecule has 0 unspecified atom stereocenters. The maximum Gasteiger partial charge on any atom is 0.512 e. The van der Waals surface area contributed by atoms with Crippen LogP contribution in [0.15, 0.2) is 0 Å². The molecule has 0 saturated heterocycles. The van der Waals surface area contributed by atoms with Crippen LogP contribution in [0.2, 0.25) is 0 Å². The molecule has 0 fully saturated rings. The summed E-state index contributed by atoms with van der Waals surface area (Å²) in [6, 6.07) is 0. The molecule has 0 bridgehead atoms. The highest BCUT2D eigenvalue weighted by molar-refractivity contribution is 6.16. The second-order valence-electron chi connectivity index (χ2n) is 0.782. The maximum atomic E-state index is 9.56. The molecule has 6 heteroatoms. The van der Waals surface area contributed by atoms with Crippen molar-refractivity contribution in [1.29, 1.82) is 0 Å². The highest BCUT2D eigenvalue weighted by Gasteiger charge is 1.96. The lowest BCUT2D eigenvalue weighted by Gasteiger charge is -2.02. The fraction of sp³-hybridized carbons (Fsp3) is 0. The fourth-order valence-electron chi connectivity index (χ4n) is 0.129. The van der Waals surface area contributed by atoms with Gasteiger partial charge in [0.05, 0.1) is 0 Å². The van der Waals surface area contributed by atoms with Gasteiger partial charge in [0.1, 0.15) is 0 Å². The van der Waals surface area contributed by atoms with Crippen molar-refractivity contribution in [3.05, 3.63) is 0 Å². The summed E-state index contributed by atoms with van der Waals surface area (Å²) in [7, 11) is 0.225. The van der Waals surface area contributed by atoms with Crippen LogP contribution in [0.25, 0.3) is 0 Å². The van der Waals surface area contributed by atoms with Gasteiger partial charge < -0.3 is 5.02 Å². The van der Waals surface area contributed by atoms with Gasteiger partial charge in [0, 0.05) is 0 Å². The first-order valence-corrected chi connectivity index (χ1v) is 1.66. The number of amides is 2. The molecule has 8 heavy (non-hydrogen) atoms. The zero-order valence-corrected chi connectivity index (χ0v) is 3.85. The molecule has 0 aliphatic carbocycles. The van der Waals surface area contributed by atoms with Crippen LogP contribution in [-0.2, 0) is 14.3 Å². The number of hydroxylamine groups is 2. The first kappa shape index (κ1) is 7.12. The lowest BCUT2D eigenvalue weighted by Crippen LogP contribution is -2.22. The predicted molar refractivity (Wildman–Crippen MR) is 23.0 cm³/mol. The van der Waals surface area contributed by atoms with E-state index in [-0.39, 0.29) is 25.6 Å². The highest BCUT2D eigenvalue weighted by Crippen LogP contribution is 1.71. The van der Waals surface area contributed by atoms with Crippen molar-refractivity contribution in [3.8, 4) is 0 Å². The lowest BCUT2D eigenvalue weighted by atomic mass is 10.4. The van der Waals surface area contributed by atoms with E-state index >= 15 is 0 Å². The molecule has 0 saturated carbocycles. The molecular weight excluding hydrogens is 113 g/mol. The largest absolute Gasteiger partial charge is 0.512 e. The number of hydrogen-bond donors (Lipinski definition) is 1. The summed E-state index contributed by atoms with van der Waals surface area (Å²) in [4.78, 5) is 19.1. The first-order chi connectivity index (χ1) is 3.85. The van der Waals surface area contributed by atoms with Crippen molar-refractivity contribution in [2.45, 2.75) is 0 Å². The number of rotatable bonds is 4. The van der Waals surface area contributed by atoms with Crippen LogP contribution in [0.5, 0.6) is 0 Å². The summed E-state index contributed by atoms with van der Waals surface area (Å²) < 4.78 is 3.87. The molecule has 0 aliphatic rings. The maximum absolute atomic E-state index is 9.56. The van der Waals surface area contributed by atoms with Crippen LogP contribution < -0.4 is 0 Å². The van der Waals surface area contributed by atoms with Gasteiger partial charge in [-0.05, 0) is 0 Å². The SMILES string of the molecule is O=CN(C=O)O[B]O. The standard InChI is InChI=1S/C2H3BNO4/c5-1-4(2-6)8-3-7/h1-2,7H. The van der Waals surface area contributed by atoms with Crippen molar-refractivity contribution in [1.82, 2.24) is 5.06 Å². The summed E-state index contributed by atoms with van der Waals surface area (Å²) in [5.41, 5.74) is 0. The average Bonchev–Trinajstić information content (AvgIpc) is 1.83. The number of imide groups is 1. The van der Waals surface area contributed by atoms with Gasteiger partial charge in [0.25, 0.3) is 0 Å². The van der Waals surface area contributed by atoms with Crippen molar-refractivity contribution in [2.24, 2.45) is 0 Å². The Labute approximate surface area is 46.1 Å². The third-order valence-corrected chi connectivity index (χ3v) is 0.377. The van der Waals surface area contributed by atoms with E-state index in [0.29, 0.717) is 0 Å². The minimum Gasteiger partial charge on any atom is -0.428 e. The Morgan fingerprint density at radius 1 is 1.50 bits per heavy atom. The van der Waals surface area contributed by atoms with Crippen LogP contribution in [-0.4, -0.2) is 30.6 Å². The van der Waals surface area contributed by atoms with Gasteiger partial charge in [-0.1, -0.05) is 0 Å². The van der Waals surface area contributed by atoms with E-state index in [1.165, 1.54) is 0 Å². The minimum atomic E-state index is 0.111. The molecule has 1 N–H and O–H groups in total. The molecule has 0 atom stereocenters. The van der Waals surface area contributed by atoms with Gasteiger partial charge in [-0.2, -0.15) is 5.06 Å². The van der Waals surface area contributed by atoms with Gasteiger partial charge in [-0.3, -0.25) is 14.3 Å². The van der Waals surface area contributed by atoms with Crippen LogP contribution in [0.4, 0.5) is 0 Å². The number of hydrogen-bond acceptors (Lipinski definition) is 4. The van der Waals surface area contributed by atoms with E-state index in [1.807, 2.05) is 0 Å². The smallest absolute Gasteiger partial charge is 0.428 e. The van der Waals surface area contributed by atoms with Crippen molar-refractivity contribution in [3.63, 3.8) is 0 Å². The lowest BCUT2D eigenvalue weighted by molar-refractivity contribution is -0.155. The van der Waals surface area contributed by atoms with Crippen LogP contribution in [0.1, 0.15) is 0 Å². The van der Waals surface area contributed by atoms with Gasteiger partial charge in [-0.15, -0.1) is 0 Å². The van der Waals surface area contributed by atoms with Crippen LogP contribution >= 0.6 is 0 Å². The second kappa shape index (κ2) is 4.29. The average molecular weight is 116 g/mol. The zero-order valence-electron chi connectivity index (χ0n) is 3.85. The van der Waals surface area contributed by atoms with Gasteiger partial charge in [0.15, 0.2) is 0 Å². The molecule has 2 amide bonds. The Kier molecular flexibility index (Phi) is 3.82. The molecule has 1 radical (unpaired) electrons. The second-order valence-corrected chi connectivity index (χ2v) is 0.782. The fourth-order valence-corrected chi connectivity index (χ4v) is 0.129. The molecule has 0 spiro atoms. The Morgan fingerprint density at radius 3 is 2.12 bits per heavy atom. The highest BCUT2D eigenvalue weighted by atomic mass is 16.7. The third kappa shape index (κ3) is 2.32. The van der Waals surface area contributed by atoms with E-state index in [1.54, 1.807) is 0 Å². The molecule has 5 nitrogen and oxygen atoms in total. The van der Waals surface area contributed by atoms with Crippen LogP contribution in [0, 0.1) is 0 Å². The monoisotopic (exact) mass is 116 g/mol. The van der Waals surface area contributed by atoms with Gasteiger partial charge in [-0.25, -0.2) is 0 Å². The van der Waals surface area contributed by atoms with E-state index < -0.39 is 0 Å². The number of nitrogens with zero attached hydrogens (tertiary/aromatic N) is 1. The summed E-state index contributed by atoms with van der Waals surface area (Å²) in [6.45, 7) is 0. The molecule has 43 valence electrons. The van der Waals surface area contributed by atoms with E-state index in [9.17, 15) is 9.59 Å². The molecule has 0 heterocycles. The molecule has 0 aliphatic heterocycles. The first-order valence-electron chi connectivity index (χ1n) is 1.66. The van der Waals surface area contributed by atoms with E-state index in [2.05, 4.69) is 4.76 Å². The summed E-state index contributed by atoms with van der Waals surface area (Å²) in [6.07, 6.45) is 0.222. The molecule has 0 rings (SSSR count). The van der Waals surface area contributed by atoms with Crippen molar-refractivity contribution >= 4 is 20.5 Å². The van der Waals surface area contributed by atoms with E-state index in [4.69, 9.17) is 5.02 Å². The summed E-state index contributed by atoms with van der Waals surface area (Å²) in [5, 5.41) is 8.06. The van der Waals surface area contributed by atoms with Gasteiger partial charge >= 0.3 is 7.69 Å². The topological polar surface area (TPSA) is 66.8 Å². The zero-order chi connectivity index (χ0) is 6.41. The third-order valence-electron chi connectivity index (χ3n) is 0.377. The van der Waals surface area contributed by atoms with Crippen molar-refractivity contribution in [2.75, 3.05) is 0 Å². The Morgan fingerprint density at radius 2 is 2.00 bits per heavy atom. The van der Waals surface area contributed by atoms with Crippen LogP contribution in [0.3, 0.4) is 0 Å². The molecule has 0 aromatic heterocycles. The summed E-state index contributed by atoms with van der Waals surface area (Å²) in [5.74, 6) is 0. The predicted octanol–water partition coefficient (Wildman–Crippen LogP) is -1.94. The Balaban J connectivity index is 3.35. The summed E-state index contributed by atoms with van der Waals surface area (Å²) >= 11 is 0. The van der Waals surface area contributed by atoms with Crippen molar-refractivity contribution < 1.29 is 19.4 Å². The molecule has 0 aromatic rings. The number of carbonyl (C=O) groups excluding carboxylic acids is 2.